The Morgan fingerprint density at radius 1 is 1.05 bits per heavy atom. The highest BCUT2D eigenvalue weighted by atomic mass is 16.5. The molecule has 4 heteroatoms. The number of pyridine rings is 1. The van der Waals surface area contributed by atoms with Gasteiger partial charge >= 0.3 is 0 Å². The van der Waals surface area contributed by atoms with Crippen molar-refractivity contribution in [2.75, 3.05) is 13.7 Å². The van der Waals surface area contributed by atoms with Gasteiger partial charge in [-0.15, -0.1) is 0 Å². The fourth-order valence-corrected chi connectivity index (χ4v) is 1.79. The number of aromatic nitrogens is 1. The van der Waals surface area contributed by atoms with Crippen LogP contribution in [-0.4, -0.2) is 18.6 Å². The smallest absolute Gasteiger partial charge is 0.161 e. The SMILES string of the molecule is COc1cc(CCN)ccc1OCc1ccncc1. The summed E-state index contributed by atoms with van der Waals surface area (Å²) in [5.74, 6) is 1.47. The van der Waals surface area contributed by atoms with Crippen LogP contribution in [-0.2, 0) is 13.0 Å². The molecule has 0 fully saturated rings. The fraction of sp³-hybridized carbons (Fsp3) is 0.267. The molecule has 0 unspecified atom stereocenters. The minimum atomic E-state index is 0.495. The lowest BCUT2D eigenvalue weighted by atomic mass is 10.1. The predicted molar refractivity (Wildman–Crippen MR) is 74.3 cm³/mol. The Morgan fingerprint density at radius 3 is 2.53 bits per heavy atom. The Bertz CT molecular complexity index is 515. The molecular formula is C15H18N2O2. The molecule has 0 amide bonds. The van der Waals surface area contributed by atoms with Crippen LogP contribution in [0, 0.1) is 0 Å². The van der Waals surface area contributed by atoms with Crippen molar-refractivity contribution in [2.24, 2.45) is 5.73 Å². The summed E-state index contributed by atoms with van der Waals surface area (Å²) >= 11 is 0. The largest absolute Gasteiger partial charge is 0.493 e. The van der Waals surface area contributed by atoms with E-state index >= 15 is 0 Å². The van der Waals surface area contributed by atoms with Crippen LogP contribution in [0.3, 0.4) is 0 Å². The van der Waals surface area contributed by atoms with Gasteiger partial charge < -0.3 is 15.2 Å². The first-order chi connectivity index (χ1) is 9.33. The molecule has 0 aliphatic carbocycles. The van der Waals surface area contributed by atoms with Gasteiger partial charge in [0.1, 0.15) is 6.61 Å². The third-order valence-corrected chi connectivity index (χ3v) is 2.80. The second kappa shape index (κ2) is 6.75. The molecule has 0 spiro atoms. The first kappa shape index (κ1) is 13.4. The van der Waals surface area contributed by atoms with Gasteiger partial charge in [-0.05, 0) is 48.4 Å². The molecule has 0 aliphatic rings. The molecule has 100 valence electrons. The van der Waals surface area contributed by atoms with Crippen molar-refractivity contribution >= 4 is 0 Å². The molecule has 0 aliphatic heterocycles. The van der Waals surface area contributed by atoms with Crippen molar-refractivity contribution in [1.29, 1.82) is 0 Å². The van der Waals surface area contributed by atoms with E-state index in [0.717, 1.165) is 29.0 Å². The van der Waals surface area contributed by atoms with Gasteiger partial charge in [0.15, 0.2) is 11.5 Å². The topological polar surface area (TPSA) is 57.4 Å². The first-order valence-corrected chi connectivity index (χ1v) is 6.22. The van der Waals surface area contributed by atoms with E-state index in [4.69, 9.17) is 15.2 Å². The highest BCUT2D eigenvalue weighted by molar-refractivity contribution is 5.43. The van der Waals surface area contributed by atoms with Crippen LogP contribution in [0.15, 0.2) is 42.7 Å². The van der Waals surface area contributed by atoms with E-state index < -0.39 is 0 Å². The summed E-state index contributed by atoms with van der Waals surface area (Å²) in [7, 11) is 1.64. The van der Waals surface area contributed by atoms with Crippen molar-refractivity contribution < 1.29 is 9.47 Å². The molecule has 0 atom stereocenters. The number of rotatable bonds is 6. The van der Waals surface area contributed by atoms with E-state index in [9.17, 15) is 0 Å². The zero-order chi connectivity index (χ0) is 13.5. The third-order valence-electron chi connectivity index (χ3n) is 2.80. The van der Waals surface area contributed by atoms with Crippen LogP contribution in [0.25, 0.3) is 0 Å². The summed E-state index contributed by atoms with van der Waals surface area (Å²) < 4.78 is 11.1. The molecule has 0 radical (unpaired) electrons. The van der Waals surface area contributed by atoms with Crippen LogP contribution in [0.5, 0.6) is 11.5 Å². The number of ether oxygens (including phenoxy) is 2. The Hall–Kier alpha value is -2.07. The van der Waals surface area contributed by atoms with Crippen molar-refractivity contribution in [2.45, 2.75) is 13.0 Å². The normalized spacial score (nSPS) is 10.2. The average Bonchev–Trinajstić information content (AvgIpc) is 2.47. The van der Waals surface area contributed by atoms with E-state index in [1.54, 1.807) is 19.5 Å². The lowest BCUT2D eigenvalue weighted by Gasteiger charge is -2.12. The maximum atomic E-state index is 5.76. The molecule has 2 aromatic rings. The average molecular weight is 258 g/mol. The minimum absolute atomic E-state index is 0.495. The van der Waals surface area contributed by atoms with Crippen LogP contribution in [0.2, 0.25) is 0 Å². The van der Waals surface area contributed by atoms with Gasteiger partial charge in [0.25, 0.3) is 0 Å². The zero-order valence-electron chi connectivity index (χ0n) is 11.0. The number of methoxy groups -OCH3 is 1. The standard InChI is InChI=1S/C15H18N2O2/c1-18-15-10-12(4-7-16)2-3-14(15)19-11-13-5-8-17-9-6-13/h2-3,5-6,8-10H,4,7,11,16H2,1H3. The Balaban J connectivity index is 2.07. The van der Waals surface area contributed by atoms with Crippen LogP contribution >= 0.6 is 0 Å². The lowest BCUT2D eigenvalue weighted by Crippen LogP contribution is -2.03. The molecule has 1 aromatic heterocycles. The molecule has 4 nitrogen and oxygen atoms in total. The van der Waals surface area contributed by atoms with Gasteiger partial charge in [0, 0.05) is 12.4 Å². The molecule has 2 rings (SSSR count). The molecular weight excluding hydrogens is 240 g/mol. The van der Waals surface area contributed by atoms with Gasteiger partial charge in [-0.3, -0.25) is 4.98 Å². The number of nitrogens with two attached hydrogens (primary N) is 1. The molecule has 1 aromatic carbocycles. The summed E-state index contributed by atoms with van der Waals surface area (Å²) in [4.78, 5) is 3.97. The number of hydrogen-bond donors (Lipinski definition) is 1. The zero-order valence-corrected chi connectivity index (χ0v) is 11.0. The third kappa shape index (κ3) is 3.69. The van der Waals surface area contributed by atoms with E-state index in [-0.39, 0.29) is 0 Å². The summed E-state index contributed by atoms with van der Waals surface area (Å²) in [6, 6.07) is 9.75. The summed E-state index contributed by atoms with van der Waals surface area (Å²) in [6.45, 7) is 1.12. The maximum Gasteiger partial charge on any atom is 0.161 e. The van der Waals surface area contributed by atoms with Gasteiger partial charge in [0.2, 0.25) is 0 Å². The monoisotopic (exact) mass is 258 g/mol. The Labute approximate surface area is 113 Å². The van der Waals surface area contributed by atoms with Crippen molar-refractivity contribution in [3.8, 4) is 11.5 Å². The van der Waals surface area contributed by atoms with E-state index in [1.165, 1.54) is 0 Å². The molecule has 19 heavy (non-hydrogen) atoms. The van der Waals surface area contributed by atoms with Crippen LogP contribution in [0.4, 0.5) is 0 Å². The highest BCUT2D eigenvalue weighted by Gasteiger charge is 2.06. The molecule has 0 saturated carbocycles. The second-order valence-corrected chi connectivity index (χ2v) is 4.17. The van der Waals surface area contributed by atoms with Gasteiger partial charge in [-0.2, -0.15) is 0 Å². The van der Waals surface area contributed by atoms with Crippen LogP contribution < -0.4 is 15.2 Å². The maximum absolute atomic E-state index is 5.76. The molecule has 2 N–H and O–H groups in total. The van der Waals surface area contributed by atoms with E-state index in [1.807, 2.05) is 30.3 Å². The second-order valence-electron chi connectivity index (χ2n) is 4.17. The Morgan fingerprint density at radius 2 is 1.84 bits per heavy atom. The molecule has 1 heterocycles. The van der Waals surface area contributed by atoms with Gasteiger partial charge in [-0.1, -0.05) is 6.07 Å². The fourth-order valence-electron chi connectivity index (χ4n) is 1.79. The summed E-state index contributed by atoms with van der Waals surface area (Å²) in [5, 5.41) is 0. The number of nitrogens with zero attached hydrogens (tertiary/aromatic N) is 1. The number of hydrogen-bond acceptors (Lipinski definition) is 4. The van der Waals surface area contributed by atoms with Gasteiger partial charge in [-0.25, -0.2) is 0 Å². The molecule has 0 saturated heterocycles. The van der Waals surface area contributed by atoms with Crippen molar-refractivity contribution in [3.05, 3.63) is 53.9 Å². The van der Waals surface area contributed by atoms with Crippen molar-refractivity contribution in [1.82, 2.24) is 4.98 Å². The highest BCUT2D eigenvalue weighted by Crippen LogP contribution is 2.28. The van der Waals surface area contributed by atoms with E-state index in [2.05, 4.69) is 4.98 Å². The quantitative estimate of drug-likeness (QED) is 0.862. The molecule has 0 bridgehead atoms. The minimum Gasteiger partial charge on any atom is -0.493 e. The number of benzene rings is 1. The lowest BCUT2D eigenvalue weighted by molar-refractivity contribution is 0.284. The van der Waals surface area contributed by atoms with Gasteiger partial charge in [0.05, 0.1) is 7.11 Å². The van der Waals surface area contributed by atoms with Crippen LogP contribution in [0.1, 0.15) is 11.1 Å². The summed E-state index contributed by atoms with van der Waals surface area (Å²) in [6.07, 6.45) is 4.33. The predicted octanol–water partition coefficient (Wildman–Crippen LogP) is 2.17. The van der Waals surface area contributed by atoms with Crippen molar-refractivity contribution in [3.63, 3.8) is 0 Å². The Kier molecular flexibility index (Phi) is 4.75. The van der Waals surface area contributed by atoms with E-state index in [0.29, 0.717) is 13.2 Å². The summed E-state index contributed by atoms with van der Waals surface area (Å²) in [5.41, 5.74) is 7.77. The first-order valence-electron chi connectivity index (χ1n) is 6.22.